The smallest absolute Gasteiger partial charge is 0.131 e. The Morgan fingerprint density at radius 1 is 0.625 bits per heavy atom. The van der Waals surface area contributed by atoms with Crippen LogP contribution in [0.3, 0.4) is 0 Å². The highest BCUT2D eigenvalue weighted by molar-refractivity contribution is 7.25. The molecule has 0 saturated carbocycles. The Hall–Kier alpha value is -3.95. The molecule has 2 nitrogen and oxygen atoms in total. The molecule has 0 spiro atoms. The van der Waals surface area contributed by atoms with E-state index in [1.54, 1.807) is 0 Å². The molecule has 0 saturated heterocycles. The van der Waals surface area contributed by atoms with Crippen molar-refractivity contribution in [2.24, 2.45) is 0 Å². The first-order chi connectivity index (χ1) is 15.8. The lowest BCUT2D eigenvalue weighted by atomic mass is 10.0. The van der Waals surface area contributed by atoms with Gasteiger partial charge in [-0.15, -0.1) is 11.3 Å². The lowest BCUT2D eigenvalue weighted by Gasteiger charge is -2.03. The summed E-state index contributed by atoms with van der Waals surface area (Å²) in [4.78, 5) is 8.54. The largest absolute Gasteiger partial charge is 0.338 e. The van der Waals surface area contributed by atoms with Crippen LogP contribution < -0.4 is 0 Å². The Balaban J connectivity index is 1.49. The fourth-order valence-electron chi connectivity index (χ4n) is 4.11. The van der Waals surface area contributed by atoms with Crippen LogP contribution in [0.15, 0.2) is 103 Å². The topological polar surface area (TPSA) is 28.7 Å². The summed E-state index contributed by atoms with van der Waals surface area (Å²) in [5.74, 6) is 0.846. The lowest BCUT2D eigenvalue weighted by Crippen LogP contribution is -1.83. The monoisotopic (exact) mass is 428 g/mol. The fourth-order valence-corrected chi connectivity index (χ4v) is 5.25. The molecule has 0 bridgehead atoms. The molecule has 2 aromatic heterocycles. The van der Waals surface area contributed by atoms with Crippen LogP contribution in [0.2, 0.25) is 0 Å². The van der Waals surface area contributed by atoms with Crippen LogP contribution in [-0.4, -0.2) is 9.97 Å². The van der Waals surface area contributed by atoms with Gasteiger partial charge in [-0.1, -0.05) is 97.1 Å². The molecule has 0 amide bonds. The lowest BCUT2D eigenvalue weighted by molar-refractivity contribution is 1.27. The molecule has 0 aliphatic carbocycles. The summed E-state index contributed by atoms with van der Waals surface area (Å²) < 4.78 is 2.60. The van der Waals surface area contributed by atoms with Crippen molar-refractivity contribution >= 4 is 43.7 Å². The third kappa shape index (κ3) is 3.43. The first-order valence-corrected chi connectivity index (χ1v) is 11.5. The van der Waals surface area contributed by atoms with Gasteiger partial charge in [-0.05, 0) is 23.8 Å². The molecule has 0 unspecified atom stereocenters. The van der Waals surface area contributed by atoms with E-state index < -0.39 is 0 Å². The Morgan fingerprint density at radius 3 is 2.19 bits per heavy atom. The maximum Gasteiger partial charge on any atom is 0.131 e. The second kappa shape index (κ2) is 7.95. The molecule has 0 aliphatic rings. The SMILES string of the molecule is C(=Cc1nc(-c2ccc3c(c2)sc2ccccc23)c(-c2ccccc2)[nH]1)c1ccccc1. The third-order valence-electron chi connectivity index (χ3n) is 5.67. The van der Waals surface area contributed by atoms with Gasteiger partial charge in [-0.25, -0.2) is 4.98 Å². The van der Waals surface area contributed by atoms with Crippen LogP contribution >= 0.6 is 11.3 Å². The first kappa shape index (κ1) is 18.8. The predicted molar refractivity (Wildman–Crippen MR) is 138 cm³/mol. The highest BCUT2D eigenvalue weighted by Gasteiger charge is 2.15. The Labute approximate surface area is 190 Å². The maximum absolute atomic E-state index is 4.99. The molecule has 0 fully saturated rings. The number of hydrogen-bond acceptors (Lipinski definition) is 2. The number of nitrogens with one attached hydrogen (secondary N) is 1. The summed E-state index contributed by atoms with van der Waals surface area (Å²) in [5, 5.41) is 2.62. The molecule has 4 aromatic carbocycles. The normalized spacial score (nSPS) is 11.6. The van der Waals surface area contributed by atoms with Gasteiger partial charge in [-0.3, -0.25) is 0 Å². The Morgan fingerprint density at radius 2 is 1.34 bits per heavy atom. The number of benzene rings is 4. The zero-order valence-corrected chi connectivity index (χ0v) is 18.1. The van der Waals surface area contributed by atoms with E-state index in [-0.39, 0.29) is 0 Å². The predicted octanol–water partition coefficient (Wildman–Crippen LogP) is 8.28. The molecule has 0 atom stereocenters. The minimum Gasteiger partial charge on any atom is -0.338 e. The van der Waals surface area contributed by atoms with Crippen molar-refractivity contribution < 1.29 is 0 Å². The first-order valence-electron chi connectivity index (χ1n) is 10.7. The van der Waals surface area contributed by atoms with Gasteiger partial charge < -0.3 is 4.98 Å². The van der Waals surface area contributed by atoms with Gasteiger partial charge in [0, 0.05) is 31.3 Å². The van der Waals surface area contributed by atoms with E-state index in [1.807, 2.05) is 41.7 Å². The molecule has 3 heteroatoms. The molecular formula is C29H20N2S. The average Bonchev–Trinajstić information content (AvgIpc) is 3.45. The van der Waals surface area contributed by atoms with Crippen LogP contribution in [-0.2, 0) is 0 Å². The number of aromatic amines is 1. The number of fused-ring (bicyclic) bond motifs is 3. The van der Waals surface area contributed by atoms with E-state index in [0.717, 1.165) is 33.9 Å². The highest BCUT2D eigenvalue weighted by Crippen LogP contribution is 2.38. The summed E-state index contributed by atoms with van der Waals surface area (Å²) in [6.45, 7) is 0. The van der Waals surface area contributed by atoms with Crippen molar-refractivity contribution in [1.29, 1.82) is 0 Å². The maximum atomic E-state index is 4.99. The van der Waals surface area contributed by atoms with Crippen LogP contribution in [0.1, 0.15) is 11.4 Å². The molecule has 6 aromatic rings. The quantitative estimate of drug-likeness (QED) is 0.301. The number of imidazole rings is 1. The zero-order valence-electron chi connectivity index (χ0n) is 17.3. The van der Waals surface area contributed by atoms with Crippen LogP contribution in [0.4, 0.5) is 0 Å². The molecule has 32 heavy (non-hydrogen) atoms. The number of rotatable bonds is 4. The van der Waals surface area contributed by atoms with E-state index in [1.165, 1.54) is 20.2 Å². The van der Waals surface area contributed by atoms with Gasteiger partial charge in [0.25, 0.3) is 0 Å². The van der Waals surface area contributed by atoms with Gasteiger partial charge in [-0.2, -0.15) is 0 Å². The van der Waals surface area contributed by atoms with Crippen molar-refractivity contribution in [3.63, 3.8) is 0 Å². The van der Waals surface area contributed by atoms with Gasteiger partial charge in [0.1, 0.15) is 5.82 Å². The fraction of sp³-hybridized carbons (Fsp3) is 0. The van der Waals surface area contributed by atoms with E-state index in [9.17, 15) is 0 Å². The third-order valence-corrected chi connectivity index (χ3v) is 6.80. The van der Waals surface area contributed by atoms with Gasteiger partial charge in [0.15, 0.2) is 0 Å². The van der Waals surface area contributed by atoms with Crippen molar-refractivity contribution in [3.05, 3.63) is 115 Å². The summed E-state index contributed by atoms with van der Waals surface area (Å²) >= 11 is 1.83. The van der Waals surface area contributed by atoms with E-state index in [4.69, 9.17) is 4.98 Å². The molecule has 152 valence electrons. The minimum atomic E-state index is 0.846. The number of thiophene rings is 1. The van der Waals surface area contributed by atoms with Crippen LogP contribution in [0.25, 0.3) is 54.8 Å². The van der Waals surface area contributed by atoms with Crippen molar-refractivity contribution in [3.8, 4) is 22.5 Å². The second-order valence-corrected chi connectivity index (χ2v) is 8.85. The molecule has 6 rings (SSSR count). The van der Waals surface area contributed by atoms with Crippen LogP contribution in [0, 0.1) is 0 Å². The Bertz CT molecular complexity index is 1560. The van der Waals surface area contributed by atoms with Gasteiger partial charge >= 0.3 is 0 Å². The second-order valence-electron chi connectivity index (χ2n) is 7.76. The average molecular weight is 429 g/mol. The molecule has 0 radical (unpaired) electrons. The summed E-state index contributed by atoms with van der Waals surface area (Å²) in [7, 11) is 0. The molecule has 0 aliphatic heterocycles. The number of H-pyrrole nitrogens is 1. The van der Waals surface area contributed by atoms with E-state index in [0.29, 0.717) is 0 Å². The highest BCUT2D eigenvalue weighted by atomic mass is 32.1. The van der Waals surface area contributed by atoms with Crippen molar-refractivity contribution in [2.75, 3.05) is 0 Å². The number of hydrogen-bond donors (Lipinski definition) is 1. The molecule has 2 heterocycles. The van der Waals surface area contributed by atoms with Gasteiger partial charge in [0.2, 0.25) is 0 Å². The summed E-state index contributed by atoms with van der Waals surface area (Å²) in [6.07, 6.45) is 4.13. The van der Waals surface area contributed by atoms with E-state index >= 15 is 0 Å². The van der Waals surface area contributed by atoms with Crippen LogP contribution in [0.5, 0.6) is 0 Å². The summed E-state index contributed by atoms with van der Waals surface area (Å²) in [5.41, 5.74) is 5.42. The molecule has 1 N–H and O–H groups in total. The van der Waals surface area contributed by atoms with Crippen molar-refractivity contribution in [2.45, 2.75) is 0 Å². The standard InChI is InChI=1S/C29H20N2S/c1-3-9-20(10-4-1)15-18-27-30-28(21-11-5-2-6-12-21)29(31-27)22-16-17-24-23-13-7-8-14-25(23)32-26(24)19-22/h1-19H,(H,30,31). The summed E-state index contributed by atoms with van der Waals surface area (Å²) in [6, 6.07) is 36.0. The molecular weight excluding hydrogens is 408 g/mol. The zero-order chi connectivity index (χ0) is 21.3. The van der Waals surface area contributed by atoms with E-state index in [2.05, 4.69) is 89.9 Å². The van der Waals surface area contributed by atoms with Crippen molar-refractivity contribution in [1.82, 2.24) is 9.97 Å². The van der Waals surface area contributed by atoms with Gasteiger partial charge in [0.05, 0.1) is 11.4 Å². The number of nitrogens with zero attached hydrogens (tertiary/aromatic N) is 1. The minimum absolute atomic E-state index is 0.846. The Kier molecular flexibility index (Phi) is 4.67. The number of aromatic nitrogens is 2.